The van der Waals surface area contributed by atoms with Crippen molar-refractivity contribution in [2.24, 2.45) is 17.6 Å². The van der Waals surface area contributed by atoms with Crippen LogP contribution in [-0.2, 0) is 19.4 Å². The molecule has 1 aromatic heterocycles. The number of anilines is 1. The smallest absolute Gasteiger partial charge is 0.318 e. The minimum Gasteiger partial charge on any atom is -0.467 e. The van der Waals surface area contributed by atoms with E-state index in [1.165, 1.54) is 42.4 Å². The number of alkyl halides is 1. The number of hydrogen-bond acceptors (Lipinski definition) is 7. The topological polar surface area (TPSA) is 70.8 Å². The lowest BCUT2D eigenvalue weighted by Gasteiger charge is -2.40. The number of halogens is 1. The first kappa shape index (κ1) is 27.9. The van der Waals surface area contributed by atoms with Gasteiger partial charge < -0.3 is 15.4 Å². The van der Waals surface area contributed by atoms with Crippen molar-refractivity contribution >= 4 is 5.82 Å². The Morgan fingerprint density at radius 3 is 2.58 bits per heavy atom. The van der Waals surface area contributed by atoms with Crippen LogP contribution in [0, 0.1) is 11.8 Å². The third-order valence-electron chi connectivity index (χ3n) is 10.2. The fourth-order valence-corrected chi connectivity index (χ4v) is 8.05. The zero-order valence-electron chi connectivity index (χ0n) is 24.6. The van der Waals surface area contributed by atoms with Crippen molar-refractivity contribution in [1.82, 2.24) is 19.8 Å². The van der Waals surface area contributed by atoms with Gasteiger partial charge >= 0.3 is 6.01 Å². The zero-order chi connectivity index (χ0) is 27.8. The number of hydrogen-bond donors (Lipinski definition) is 1. The Morgan fingerprint density at radius 2 is 1.85 bits per heavy atom. The maximum atomic E-state index is 12.6. The molecule has 4 fully saturated rings. The van der Waals surface area contributed by atoms with Gasteiger partial charge in [-0.05, 0) is 75.1 Å². The summed E-state index contributed by atoms with van der Waals surface area (Å²) >= 11 is 0. The summed E-state index contributed by atoms with van der Waals surface area (Å²) in [5.41, 5.74) is 11.8. The normalized spacial score (nSPS) is 31.5. The molecule has 7 nitrogen and oxygen atoms in total. The van der Waals surface area contributed by atoms with Crippen LogP contribution in [0.2, 0.25) is 0 Å². The van der Waals surface area contributed by atoms with Crippen LogP contribution in [0.3, 0.4) is 0 Å². The molecule has 4 aliphatic heterocycles. The first-order chi connectivity index (χ1) is 19.4. The van der Waals surface area contributed by atoms with Crippen molar-refractivity contribution in [3.63, 3.8) is 0 Å². The molecule has 5 atom stereocenters. The molecular formula is C32H47FN6O. The molecule has 1 saturated carbocycles. The summed E-state index contributed by atoms with van der Waals surface area (Å²) in [5.74, 6) is 2.22. The first-order valence-electron chi connectivity index (χ1n) is 15.6. The molecule has 0 spiro atoms. The van der Waals surface area contributed by atoms with Gasteiger partial charge in [0.15, 0.2) is 0 Å². The van der Waals surface area contributed by atoms with Gasteiger partial charge in [0.05, 0.1) is 12.8 Å². The summed E-state index contributed by atoms with van der Waals surface area (Å²) in [6.45, 7) is 6.96. The lowest BCUT2D eigenvalue weighted by molar-refractivity contribution is 0.212. The average molecular weight is 551 g/mol. The summed E-state index contributed by atoms with van der Waals surface area (Å²) in [6, 6.07) is 10.7. The van der Waals surface area contributed by atoms with Crippen LogP contribution in [0.4, 0.5) is 10.2 Å². The summed E-state index contributed by atoms with van der Waals surface area (Å²) in [4.78, 5) is 16.9. The molecule has 0 radical (unpaired) electrons. The Morgan fingerprint density at radius 1 is 1.07 bits per heavy atom. The van der Waals surface area contributed by atoms with E-state index in [1.807, 2.05) is 0 Å². The second kappa shape index (κ2) is 11.9. The van der Waals surface area contributed by atoms with Crippen LogP contribution >= 0.6 is 0 Å². The molecule has 1 aromatic carbocycles. The van der Waals surface area contributed by atoms with Gasteiger partial charge in [0.1, 0.15) is 12.0 Å². The van der Waals surface area contributed by atoms with Crippen LogP contribution in [0.1, 0.15) is 73.9 Å². The average Bonchev–Trinajstić information content (AvgIpc) is 3.58. The number of nitrogens with two attached hydrogens (primary N) is 1. The van der Waals surface area contributed by atoms with Crippen LogP contribution in [0.5, 0.6) is 6.01 Å². The van der Waals surface area contributed by atoms with E-state index in [2.05, 4.69) is 52.9 Å². The largest absolute Gasteiger partial charge is 0.467 e. The predicted octanol–water partition coefficient (Wildman–Crippen LogP) is 4.53. The highest BCUT2D eigenvalue weighted by Gasteiger charge is 2.42. The standard InChI is InChI=1S/C25H35N5O.C7H12FN/c1-4-7-16-8-5-6-9-19(16)22-12-21-20(15-29(22)2)24(28-25(27-21)31-3)30-13-17-10-11-18(14-30)23(17)26;8-6-4-7-2-1-3-9(7)5-6/h5-6,8-9,17-18,22-23H,4,7,10-15,26H2,1-3H3;6-7H,1-5H2. The molecule has 3 saturated heterocycles. The summed E-state index contributed by atoms with van der Waals surface area (Å²) in [6.07, 6.45) is 8.45. The van der Waals surface area contributed by atoms with E-state index in [-0.39, 0.29) is 0 Å². The Hall–Kier alpha value is -2.29. The Bertz CT molecular complexity index is 1150. The number of methoxy groups -OCH3 is 1. The van der Waals surface area contributed by atoms with Crippen molar-refractivity contribution in [3.05, 3.63) is 46.6 Å². The van der Waals surface area contributed by atoms with E-state index in [4.69, 9.17) is 20.4 Å². The summed E-state index contributed by atoms with van der Waals surface area (Å²) in [7, 11) is 3.91. The van der Waals surface area contributed by atoms with Gasteiger partial charge in [-0.25, -0.2) is 4.39 Å². The fourth-order valence-electron chi connectivity index (χ4n) is 8.05. The van der Waals surface area contributed by atoms with Crippen LogP contribution < -0.4 is 15.4 Å². The zero-order valence-corrected chi connectivity index (χ0v) is 24.6. The van der Waals surface area contributed by atoms with Crippen molar-refractivity contribution in [2.45, 2.75) is 89.1 Å². The molecule has 1 aliphatic carbocycles. The number of aryl methyl sites for hydroxylation is 1. The van der Waals surface area contributed by atoms with Crippen LogP contribution in [-0.4, -0.2) is 78.4 Å². The van der Waals surface area contributed by atoms with Crippen molar-refractivity contribution in [2.75, 3.05) is 45.2 Å². The number of ether oxygens (including phenoxy) is 1. The van der Waals surface area contributed by atoms with Crippen molar-refractivity contribution in [1.29, 1.82) is 0 Å². The molecule has 2 bridgehead atoms. The van der Waals surface area contributed by atoms with Gasteiger partial charge in [-0.15, -0.1) is 0 Å². The minimum absolute atomic E-state index is 0.327. The molecule has 5 heterocycles. The summed E-state index contributed by atoms with van der Waals surface area (Å²) < 4.78 is 18.1. The monoisotopic (exact) mass is 550 g/mol. The number of rotatable bonds is 5. The Labute approximate surface area is 239 Å². The molecular weight excluding hydrogens is 503 g/mol. The second-order valence-electron chi connectivity index (χ2n) is 12.7. The van der Waals surface area contributed by atoms with Gasteiger partial charge in [0.2, 0.25) is 0 Å². The number of aromatic nitrogens is 2. The number of nitrogens with zero attached hydrogens (tertiary/aromatic N) is 5. The number of likely N-dealkylation sites (N-methyl/N-ethyl adjacent to an activating group) is 1. The fraction of sp³-hybridized carbons (Fsp3) is 0.688. The van der Waals surface area contributed by atoms with Gasteiger partial charge in [-0.1, -0.05) is 37.6 Å². The molecule has 7 rings (SSSR count). The van der Waals surface area contributed by atoms with Crippen LogP contribution in [0.25, 0.3) is 0 Å². The maximum Gasteiger partial charge on any atom is 0.318 e. The summed E-state index contributed by atoms with van der Waals surface area (Å²) in [5, 5.41) is 0. The van der Waals surface area contributed by atoms with E-state index >= 15 is 0 Å². The number of fused-ring (bicyclic) bond motifs is 4. The first-order valence-corrected chi connectivity index (χ1v) is 15.6. The van der Waals surface area contributed by atoms with Crippen molar-refractivity contribution < 1.29 is 9.13 Å². The molecule has 2 aromatic rings. The van der Waals surface area contributed by atoms with Crippen molar-refractivity contribution in [3.8, 4) is 6.01 Å². The highest BCUT2D eigenvalue weighted by molar-refractivity contribution is 5.53. The molecule has 5 aliphatic rings. The van der Waals surface area contributed by atoms with E-state index in [1.54, 1.807) is 7.11 Å². The lowest BCUT2D eigenvalue weighted by Crippen LogP contribution is -2.49. The highest BCUT2D eigenvalue weighted by Crippen LogP contribution is 2.41. The SMILES string of the molecule is CCCc1ccccc1C1Cc2nc(OC)nc(N3CC4CCC(C3)C4N)c2CN1C.FC1CC2CCCN2C1. The predicted molar refractivity (Wildman–Crippen MR) is 157 cm³/mol. The molecule has 5 unspecified atom stereocenters. The Balaban J connectivity index is 0.000000271. The third kappa shape index (κ3) is 5.47. The quantitative estimate of drug-likeness (QED) is 0.587. The second-order valence-corrected chi connectivity index (χ2v) is 12.7. The van der Waals surface area contributed by atoms with E-state index in [9.17, 15) is 4.39 Å². The molecule has 2 N–H and O–H groups in total. The lowest BCUT2D eigenvalue weighted by atomic mass is 9.89. The van der Waals surface area contributed by atoms with E-state index in [0.717, 1.165) is 63.4 Å². The maximum absolute atomic E-state index is 12.6. The van der Waals surface area contributed by atoms with Gasteiger partial charge in [0.25, 0.3) is 0 Å². The Kier molecular flexibility index (Phi) is 8.29. The van der Waals surface area contributed by atoms with Gasteiger partial charge in [-0.2, -0.15) is 9.97 Å². The molecule has 218 valence electrons. The third-order valence-corrected chi connectivity index (χ3v) is 10.2. The van der Waals surface area contributed by atoms with Gasteiger partial charge in [0, 0.05) is 56.3 Å². The molecule has 40 heavy (non-hydrogen) atoms. The number of piperidine rings is 1. The highest BCUT2D eigenvalue weighted by atomic mass is 19.1. The molecule has 8 heteroatoms. The minimum atomic E-state index is -0.518. The van der Waals surface area contributed by atoms with Gasteiger partial charge in [-0.3, -0.25) is 9.80 Å². The van der Waals surface area contributed by atoms with E-state index in [0.29, 0.717) is 42.5 Å². The van der Waals surface area contributed by atoms with Crippen LogP contribution in [0.15, 0.2) is 24.3 Å². The number of benzene rings is 1. The van der Waals surface area contributed by atoms with E-state index < -0.39 is 6.17 Å². The molecule has 0 amide bonds.